The van der Waals surface area contributed by atoms with Crippen molar-refractivity contribution in [2.24, 2.45) is 5.92 Å². The Morgan fingerprint density at radius 3 is 2.26 bits per heavy atom. The SMILES string of the molecule is O=C(O)[C@H]1C(c2cc(Cl)cc(C(F)(F)F)c2)C1(Cl)Cl. The summed E-state index contributed by atoms with van der Waals surface area (Å²) < 4.78 is 36.3. The molecule has 1 aliphatic carbocycles. The van der Waals surface area contributed by atoms with E-state index in [9.17, 15) is 18.0 Å². The number of carbonyl (C=O) groups is 1. The van der Waals surface area contributed by atoms with Gasteiger partial charge in [-0.15, -0.1) is 0 Å². The van der Waals surface area contributed by atoms with Crippen LogP contribution in [0.15, 0.2) is 18.2 Å². The minimum absolute atomic E-state index is 0.0669. The molecule has 1 saturated carbocycles. The summed E-state index contributed by atoms with van der Waals surface area (Å²) in [5.74, 6) is -3.31. The first kappa shape index (κ1) is 14.8. The Labute approximate surface area is 121 Å². The lowest BCUT2D eigenvalue weighted by Crippen LogP contribution is -2.06. The Morgan fingerprint density at radius 2 is 1.84 bits per heavy atom. The van der Waals surface area contributed by atoms with Crippen LogP contribution in [0.3, 0.4) is 0 Å². The van der Waals surface area contributed by atoms with Crippen LogP contribution in [0.4, 0.5) is 13.2 Å². The van der Waals surface area contributed by atoms with Crippen molar-refractivity contribution in [2.45, 2.75) is 16.4 Å². The predicted octanol–water partition coefficient (Wildman–Crippen LogP) is 4.33. The van der Waals surface area contributed by atoms with E-state index < -0.39 is 33.9 Å². The standard InChI is InChI=1S/C11H6Cl3F3O2/c12-6-2-4(1-5(3-6)11(15,16)17)7-8(9(18)19)10(7,13)14/h1-3,7-8H,(H,18,19)/t7?,8-/m1/s1. The monoisotopic (exact) mass is 332 g/mol. The van der Waals surface area contributed by atoms with Crippen LogP contribution in [0.2, 0.25) is 5.02 Å². The average Bonchev–Trinajstić information content (AvgIpc) is 2.79. The van der Waals surface area contributed by atoms with Gasteiger partial charge in [0.2, 0.25) is 0 Å². The van der Waals surface area contributed by atoms with Crippen LogP contribution >= 0.6 is 34.8 Å². The lowest BCUT2D eigenvalue weighted by atomic mass is 10.1. The molecule has 8 heteroatoms. The fourth-order valence-corrected chi connectivity index (χ4v) is 3.06. The Balaban J connectivity index is 2.43. The molecule has 0 aliphatic heterocycles. The van der Waals surface area contributed by atoms with Crippen molar-refractivity contribution < 1.29 is 23.1 Å². The second kappa shape index (κ2) is 4.43. The van der Waals surface area contributed by atoms with Crippen molar-refractivity contribution in [3.8, 4) is 0 Å². The number of carboxylic acid groups (broad SMARTS) is 1. The fraction of sp³-hybridized carbons (Fsp3) is 0.364. The summed E-state index contributed by atoms with van der Waals surface area (Å²) in [5.41, 5.74) is -0.896. The molecule has 1 fully saturated rings. The third-order valence-electron chi connectivity index (χ3n) is 2.93. The number of hydrogen-bond acceptors (Lipinski definition) is 1. The smallest absolute Gasteiger partial charge is 0.416 e. The molecular formula is C11H6Cl3F3O2. The molecule has 1 aliphatic rings. The number of aliphatic carboxylic acids is 1. The average molecular weight is 334 g/mol. The van der Waals surface area contributed by atoms with Gasteiger partial charge in [-0.05, 0) is 23.8 Å². The van der Waals surface area contributed by atoms with Gasteiger partial charge in [0.1, 0.15) is 4.33 Å². The second-order valence-corrected chi connectivity index (χ2v) is 6.12. The van der Waals surface area contributed by atoms with Crippen LogP contribution in [-0.2, 0) is 11.0 Å². The Kier molecular flexibility index (Phi) is 3.44. The molecule has 1 unspecified atom stereocenters. The topological polar surface area (TPSA) is 37.3 Å². The van der Waals surface area contributed by atoms with Gasteiger partial charge in [0, 0.05) is 10.9 Å². The molecule has 0 spiro atoms. The van der Waals surface area contributed by atoms with Crippen LogP contribution in [0.25, 0.3) is 0 Å². The van der Waals surface area contributed by atoms with Gasteiger partial charge in [-0.25, -0.2) is 0 Å². The number of rotatable bonds is 2. The minimum Gasteiger partial charge on any atom is -0.481 e. The molecule has 1 N–H and O–H groups in total. The van der Waals surface area contributed by atoms with Crippen LogP contribution in [0.5, 0.6) is 0 Å². The van der Waals surface area contributed by atoms with Gasteiger partial charge in [0.25, 0.3) is 0 Å². The zero-order valence-electron chi connectivity index (χ0n) is 9.01. The summed E-state index contributed by atoms with van der Waals surface area (Å²) in [7, 11) is 0. The van der Waals surface area contributed by atoms with Crippen molar-refractivity contribution >= 4 is 40.8 Å². The molecule has 2 atom stereocenters. The minimum atomic E-state index is -4.57. The Hall–Kier alpha value is -0.650. The van der Waals surface area contributed by atoms with Crippen LogP contribution in [0.1, 0.15) is 17.0 Å². The molecule has 1 aromatic carbocycles. The number of halogens is 6. The van der Waals surface area contributed by atoms with Gasteiger partial charge in [0.15, 0.2) is 0 Å². The normalized spacial score (nSPS) is 25.2. The van der Waals surface area contributed by atoms with Crippen LogP contribution in [-0.4, -0.2) is 15.4 Å². The van der Waals surface area contributed by atoms with Crippen LogP contribution < -0.4 is 0 Å². The fourth-order valence-electron chi connectivity index (χ4n) is 2.00. The molecule has 0 amide bonds. The highest BCUT2D eigenvalue weighted by molar-refractivity contribution is 6.53. The zero-order valence-corrected chi connectivity index (χ0v) is 11.3. The lowest BCUT2D eigenvalue weighted by molar-refractivity contribution is -0.138. The van der Waals surface area contributed by atoms with Crippen molar-refractivity contribution in [1.29, 1.82) is 0 Å². The van der Waals surface area contributed by atoms with E-state index in [1.807, 2.05) is 0 Å². The zero-order chi connectivity index (χ0) is 14.6. The highest BCUT2D eigenvalue weighted by atomic mass is 35.5. The summed E-state index contributed by atoms with van der Waals surface area (Å²) >= 11 is 17.2. The molecule has 0 bridgehead atoms. The van der Waals surface area contributed by atoms with Crippen molar-refractivity contribution in [2.75, 3.05) is 0 Å². The summed E-state index contributed by atoms with van der Waals surface area (Å²) in [4.78, 5) is 10.9. The molecule has 104 valence electrons. The summed E-state index contributed by atoms with van der Waals surface area (Å²) in [6.07, 6.45) is -4.57. The van der Waals surface area contributed by atoms with E-state index in [-0.39, 0.29) is 10.6 Å². The maximum absolute atomic E-state index is 12.6. The van der Waals surface area contributed by atoms with Gasteiger partial charge in [-0.3, -0.25) is 4.79 Å². The molecule has 0 radical (unpaired) electrons. The third-order valence-corrected chi connectivity index (χ3v) is 4.08. The number of hydrogen-bond donors (Lipinski definition) is 1. The van der Waals surface area contributed by atoms with Gasteiger partial charge in [0.05, 0.1) is 11.5 Å². The summed E-state index contributed by atoms with van der Waals surface area (Å²) in [6, 6.07) is 2.82. The van der Waals surface area contributed by atoms with E-state index in [0.29, 0.717) is 0 Å². The first-order valence-electron chi connectivity index (χ1n) is 5.03. The molecule has 2 nitrogen and oxygen atoms in total. The highest BCUT2D eigenvalue weighted by Crippen LogP contribution is 2.65. The van der Waals surface area contributed by atoms with E-state index >= 15 is 0 Å². The number of benzene rings is 1. The number of carboxylic acids is 1. The Bertz CT molecular complexity index is 542. The quantitative estimate of drug-likeness (QED) is 0.818. The van der Waals surface area contributed by atoms with Crippen molar-refractivity contribution in [3.63, 3.8) is 0 Å². The van der Waals surface area contributed by atoms with E-state index in [4.69, 9.17) is 39.9 Å². The maximum Gasteiger partial charge on any atom is 0.416 e. The first-order valence-corrected chi connectivity index (χ1v) is 6.17. The van der Waals surface area contributed by atoms with Gasteiger partial charge in [-0.2, -0.15) is 13.2 Å². The maximum atomic E-state index is 12.6. The molecule has 0 saturated heterocycles. The van der Waals surface area contributed by atoms with Gasteiger partial charge < -0.3 is 5.11 Å². The molecule has 0 heterocycles. The molecule has 1 aromatic rings. The predicted molar refractivity (Wildman–Crippen MR) is 64.8 cm³/mol. The Morgan fingerprint density at radius 1 is 1.26 bits per heavy atom. The summed E-state index contributed by atoms with van der Waals surface area (Å²) in [5, 5.41) is 8.75. The van der Waals surface area contributed by atoms with Gasteiger partial charge in [-0.1, -0.05) is 34.8 Å². The second-order valence-electron chi connectivity index (χ2n) is 4.24. The first-order chi connectivity index (χ1) is 8.55. The lowest BCUT2D eigenvalue weighted by Gasteiger charge is -2.10. The highest BCUT2D eigenvalue weighted by Gasteiger charge is 2.68. The van der Waals surface area contributed by atoms with E-state index in [0.717, 1.165) is 12.1 Å². The largest absolute Gasteiger partial charge is 0.481 e. The molecule has 2 rings (SSSR count). The van der Waals surface area contributed by atoms with E-state index in [2.05, 4.69) is 0 Å². The van der Waals surface area contributed by atoms with Crippen LogP contribution in [0, 0.1) is 5.92 Å². The molecule has 19 heavy (non-hydrogen) atoms. The van der Waals surface area contributed by atoms with Crippen molar-refractivity contribution in [1.82, 2.24) is 0 Å². The van der Waals surface area contributed by atoms with Gasteiger partial charge >= 0.3 is 12.1 Å². The third kappa shape index (κ3) is 2.64. The number of alkyl halides is 5. The molecule has 0 aromatic heterocycles. The van der Waals surface area contributed by atoms with Crippen molar-refractivity contribution in [3.05, 3.63) is 34.3 Å². The summed E-state index contributed by atoms with van der Waals surface area (Å²) in [6.45, 7) is 0. The molecular weight excluding hydrogens is 327 g/mol. The van der Waals surface area contributed by atoms with E-state index in [1.54, 1.807) is 0 Å². The van der Waals surface area contributed by atoms with E-state index in [1.165, 1.54) is 6.07 Å².